The minimum absolute atomic E-state index is 0.324. The van der Waals surface area contributed by atoms with Gasteiger partial charge in [0.25, 0.3) is 0 Å². The molecule has 1 aromatic carbocycles. The van der Waals surface area contributed by atoms with E-state index in [9.17, 15) is 0 Å². The summed E-state index contributed by atoms with van der Waals surface area (Å²) < 4.78 is 0. The first kappa shape index (κ1) is 12.5. The summed E-state index contributed by atoms with van der Waals surface area (Å²) in [6.07, 6.45) is 0. The van der Waals surface area contributed by atoms with E-state index < -0.39 is 0 Å². The quantitative estimate of drug-likeness (QED) is 0.840. The van der Waals surface area contributed by atoms with Crippen LogP contribution in [0.3, 0.4) is 0 Å². The Morgan fingerprint density at radius 2 is 2.12 bits per heavy atom. The van der Waals surface area contributed by atoms with Crippen LogP contribution in [0.15, 0.2) is 18.2 Å². The Labute approximate surface area is 97.7 Å². The fourth-order valence-electron chi connectivity index (χ4n) is 1.74. The smallest absolute Gasteiger partial charge is 0.101 e. The van der Waals surface area contributed by atoms with Crippen LogP contribution < -0.4 is 5.32 Å². The molecular weight excluding hydrogens is 198 g/mol. The molecule has 0 aliphatic heterocycles. The number of anilines is 1. The molecule has 1 unspecified atom stereocenters. The van der Waals surface area contributed by atoms with Gasteiger partial charge in [0.1, 0.15) is 6.07 Å². The van der Waals surface area contributed by atoms with Gasteiger partial charge < -0.3 is 10.2 Å². The second kappa shape index (κ2) is 5.53. The van der Waals surface area contributed by atoms with Crippen LogP contribution in [-0.2, 0) is 0 Å². The highest BCUT2D eigenvalue weighted by atomic mass is 15.1. The first-order chi connectivity index (χ1) is 7.52. The van der Waals surface area contributed by atoms with Gasteiger partial charge in [-0.15, -0.1) is 0 Å². The predicted molar refractivity (Wildman–Crippen MR) is 67.5 cm³/mol. The molecule has 0 amide bonds. The molecule has 3 nitrogen and oxygen atoms in total. The van der Waals surface area contributed by atoms with E-state index in [1.54, 1.807) is 0 Å². The lowest BCUT2D eigenvalue weighted by atomic mass is 10.1. The minimum atomic E-state index is 0.324. The Kier molecular flexibility index (Phi) is 4.33. The van der Waals surface area contributed by atoms with E-state index in [4.69, 9.17) is 5.26 Å². The molecule has 0 aromatic heterocycles. The van der Waals surface area contributed by atoms with Crippen molar-refractivity contribution in [2.45, 2.75) is 19.9 Å². The Morgan fingerprint density at radius 3 is 2.69 bits per heavy atom. The first-order valence-corrected chi connectivity index (χ1v) is 5.45. The minimum Gasteiger partial charge on any atom is -0.380 e. The number of nitrogens with zero attached hydrogens (tertiary/aromatic N) is 2. The molecule has 1 N–H and O–H groups in total. The van der Waals surface area contributed by atoms with Gasteiger partial charge in [0.2, 0.25) is 0 Å². The number of nitriles is 1. The van der Waals surface area contributed by atoms with Crippen LogP contribution in [0, 0.1) is 18.3 Å². The van der Waals surface area contributed by atoms with Gasteiger partial charge in [-0.2, -0.15) is 5.26 Å². The van der Waals surface area contributed by atoms with E-state index in [0.717, 1.165) is 17.8 Å². The van der Waals surface area contributed by atoms with Gasteiger partial charge in [-0.05, 0) is 45.6 Å². The summed E-state index contributed by atoms with van der Waals surface area (Å²) in [5.74, 6) is 0. The Bertz CT molecular complexity index is 391. The van der Waals surface area contributed by atoms with Crippen LogP contribution in [0.4, 0.5) is 5.69 Å². The molecule has 0 fully saturated rings. The maximum atomic E-state index is 9.04. The SMILES string of the molecule is Cc1ccc(NC(C)CN(C)C)c(C#N)c1. The predicted octanol–water partition coefficient (Wildman–Crippen LogP) is 2.23. The van der Waals surface area contributed by atoms with Crippen LogP contribution in [-0.4, -0.2) is 31.6 Å². The molecule has 0 heterocycles. The average Bonchev–Trinajstić information content (AvgIpc) is 2.19. The van der Waals surface area contributed by atoms with Crippen molar-refractivity contribution in [1.82, 2.24) is 4.90 Å². The molecular formula is C13H19N3. The van der Waals surface area contributed by atoms with Gasteiger partial charge in [0, 0.05) is 12.6 Å². The van der Waals surface area contributed by atoms with E-state index in [1.165, 1.54) is 0 Å². The third-order valence-electron chi connectivity index (χ3n) is 2.34. The number of nitrogens with one attached hydrogen (secondary N) is 1. The van der Waals surface area contributed by atoms with E-state index in [2.05, 4.69) is 23.2 Å². The number of benzene rings is 1. The van der Waals surface area contributed by atoms with Gasteiger partial charge in [0.05, 0.1) is 11.3 Å². The first-order valence-electron chi connectivity index (χ1n) is 5.45. The van der Waals surface area contributed by atoms with Crippen molar-refractivity contribution in [3.05, 3.63) is 29.3 Å². The number of hydrogen-bond donors (Lipinski definition) is 1. The van der Waals surface area contributed by atoms with E-state index in [0.29, 0.717) is 11.6 Å². The highest BCUT2D eigenvalue weighted by Crippen LogP contribution is 2.17. The van der Waals surface area contributed by atoms with Crippen LogP contribution in [0.1, 0.15) is 18.1 Å². The molecule has 1 rings (SSSR count). The van der Waals surface area contributed by atoms with Crippen LogP contribution >= 0.6 is 0 Å². The van der Waals surface area contributed by atoms with Crippen molar-refractivity contribution in [3.63, 3.8) is 0 Å². The maximum Gasteiger partial charge on any atom is 0.101 e. The molecule has 86 valence electrons. The molecule has 0 aliphatic rings. The van der Waals surface area contributed by atoms with Crippen LogP contribution in [0.25, 0.3) is 0 Å². The van der Waals surface area contributed by atoms with Crippen molar-refractivity contribution in [2.75, 3.05) is 26.0 Å². The Balaban J connectivity index is 2.77. The molecule has 0 saturated carbocycles. The molecule has 16 heavy (non-hydrogen) atoms. The summed E-state index contributed by atoms with van der Waals surface area (Å²) in [5.41, 5.74) is 2.75. The zero-order valence-electron chi connectivity index (χ0n) is 10.4. The van der Waals surface area contributed by atoms with Crippen molar-refractivity contribution in [3.8, 4) is 6.07 Å². The monoisotopic (exact) mass is 217 g/mol. The lowest BCUT2D eigenvalue weighted by Gasteiger charge is -2.20. The van der Waals surface area contributed by atoms with Crippen molar-refractivity contribution >= 4 is 5.69 Å². The van der Waals surface area contributed by atoms with E-state index >= 15 is 0 Å². The highest BCUT2D eigenvalue weighted by Gasteiger charge is 2.07. The number of rotatable bonds is 4. The number of likely N-dealkylation sites (N-methyl/N-ethyl adjacent to an activating group) is 1. The molecule has 0 saturated heterocycles. The second-order valence-electron chi connectivity index (χ2n) is 4.47. The van der Waals surface area contributed by atoms with E-state index in [1.807, 2.05) is 39.2 Å². The molecule has 0 aliphatic carbocycles. The summed E-state index contributed by atoms with van der Waals surface area (Å²) in [6, 6.07) is 8.44. The zero-order valence-corrected chi connectivity index (χ0v) is 10.4. The van der Waals surface area contributed by atoms with Gasteiger partial charge in [0.15, 0.2) is 0 Å². The van der Waals surface area contributed by atoms with Crippen molar-refractivity contribution in [1.29, 1.82) is 5.26 Å². The van der Waals surface area contributed by atoms with Gasteiger partial charge in [-0.3, -0.25) is 0 Å². The van der Waals surface area contributed by atoms with Crippen LogP contribution in [0.5, 0.6) is 0 Å². The molecule has 0 radical (unpaired) electrons. The highest BCUT2D eigenvalue weighted by molar-refractivity contribution is 5.58. The molecule has 1 atom stereocenters. The van der Waals surface area contributed by atoms with Crippen molar-refractivity contribution < 1.29 is 0 Å². The summed E-state index contributed by atoms with van der Waals surface area (Å²) in [4.78, 5) is 2.12. The number of hydrogen-bond acceptors (Lipinski definition) is 3. The fourth-order valence-corrected chi connectivity index (χ4v) is 1.74. The second-order valence-corrected chi connectivity index (χ2v) is 4.47. The maximum absolute atomic E-state index is 9.04. The molecule has 1 aromatic rings. The standard InChI is InChI=1S/C13H19N3/c1-10-5-6-13(12(7-10)8-14)15-11(2)9-16(3)4/h5-7,11,15H,9H2,1-4H3. The summed E-state index contributed by atoms with van der Waals surface area (Å²) in [5, 5.41) is 12.4. The van der Waals surface area contributed by atoms with Gasteiger partial charge >= 0.3 is 0 Å². The Hall–Kier alpha value is -1.53. The third-order valence-corrected chi connectivity index (χ3v) is 2.34. The number of aryl methyl sites for hydroxylation is 1. The molecule has 0 bridgehead atoms. The Morgan fingerprint density at radius 1 is 1.44 bits per heavy atom. The molecule has 3 heteroatoms. The molecule has 0 spiro atoms. The summed E-state index contributed by atoms with van der Waals surface area (Å²) in [7, 11) is 4.08. The zero-order chi connectivity index (χ0) is 12.1. The third kappa shape index (κ3) is 3.56. The van der Waals surface area contributed by atoms with E-state index in [-0.39, 0.29) is 0 Å². The average molecular weight is 217 g/mol. The summed E-state index contributed by atoms with van der Waals surface area (Å²) >= 11 is 0. The summed E-state index contributed by atoms with van der Waals surface area (Å²) in [6.45, 7) is 5.05. The largest absolute Gasteiger partial charge is 0.380 e. The topological polar surface area (TPSA) is 39.1 Å². The lowest BCUT2D eigenvalue weighted by Crippen LogP contribution is -2.29. The van der Waals surface area contributed by atoms with Crippen LogP contribution in [0.2, 0.25) is 0 Å². The fraction of sp³-hybridized carbons (Fsp3) is 0.462. The normalized spacial score (nSPS) is 12.2. The van der Waals surface area contributed by atoms with Crippen molar-refractivity contribution in [2.24, 2.45) is 0 Å². The van der Waals surface area contributed by atoms with Gasteiger partial charge in [-0.1, -0.05) is 6.07 Å². The van der Waals surface area contributed by atoms with Gasteiger partial charge in [-0.25, -0.2) is 0 Å². The lowest BCUT2D eigenvalue weighted by molar-refractivity contribution is 0.392.